The largest absolute Gasteiger partial charge is 0.319 e. The van der Waals surface area contributed by atoms with Gasteiger partial charge >= 0.3 is 0 Å². The number of carbonyl (C=O) groups is 1. The van der Waals surface area contributed by atoms with Crippen molar-refractivity contribution in [2.45, 2.75) is 31.5 Å². The zero-order valence-corrected chi connectivity index (χ0v) is 16.4. The van der Waals surface area contributed by atoms with E-state index < -0.39 is 0 Å². The third-order valence-electron chi connectivity index (χ3n) is 4.50. The Morgan fingerprint density at radius 1 is 1.37 bits per heavy atom. The zero-order chi connectivity index (χ0) is 19.2. The molecule has 0 atom stereocenters. The molecule has 0 saturated carbocycles. The minimum absolute atomic E-state index is 0.0512. The first kappa shape index (κ1) is 19.1. The van der Waals surface area contributed by atoms with Gasteiger partial charge in [-0.25, -0.2) is 0 Å². The Morgan fingerprint density at radius 3 is 2.85 bits per heavy atom. The second-order valence-corrected chi connectivity index (χ2v) is 7.08. The third-order valence-corrected chi connectivity index (χ3v) is 5.46. The molecule has 1 aliphatic carbocycles. The van der Waals surface area contributed by atoms with Crippen LogP contribution >= 0.6 is 11.8 Å². The predicted octanol–water partition coefficient (Wildman–Crippen LogP) is 3.70. The van der Waals surface area contributed by atoms with Gasteiger partial charge in [0, 0.05) is 37.2 Å². The summed E-state index contributed by atoms with van der Waals surface area (Å²) in [7, 11) is 1.83. The summed E-state index contributed by atoms with van der Waals surface area (Å²) in [4.78, 5) is 18.5. The summed E-state index contributed by atoms with van der Waals surface area (Å²) in [6.07, 6.45) is 11.1. The Bertz CT molecular complexity index is 885. The summed E-state index contributed by atoms with van der Waals surface area (Å²) in [5.41, 5.74) is 3.14. The Balaban J connectivity index is 1.67. The molecule has 0 aliphatic heterocycles. The molecule has 0 spiro atoms. The summed E-state index contributed by atoms with van der Waals surface area (Å²) >= 11 is 1.41. The van der Waals surface area contributed by atoms with Gasteiger partial charge < -0.3 is 9.47 Å². The maximum Gasteiger partial charge on any atom is 0.236 e. The lowest BCUT2D eigenvalue weighted by atomic mass is 10.0. The monoisotopic (exact) mass is 381 g/mol. The Kier molecular flexibility index (Phi) is 6.24. The number of allylic oxidation sites excluding steroid dienone is 5. The fraction of sp³-hybridized carbons (Fsp3) is 0.300. The quantitative estimate of drug-likeness (QED) is 0.684. The van der Waals surface area contributed by atoms with Crippen LogP contribution in [0.1, 0.15) is 19.8 Å². The highest BCUT2D eigenvalue weighted by Crippen LogP contribution is 2.25. The van der Waals surface area contributed by atoms with Crippen molar-refractivity contribution in [3.8, 4) is 11.4 Å². The van der Waals surface area contributed by atoms with Crippen LogP contribution in [0.15, 0.2) is 65.8 Å². The van der Waals surface area contributed by atoms with E-state index in [2.05, 4.69) is 21.8 Å². The molecule has 0 unspecified atom stereocenters. The second-order valence-electron chi connectivity index (χ2n) is 6.14. The number of thioether (sulfide) groups is 1. The van der Waals surface area contributed by atoms with E-state index in [0.29, 0.717) is 5.75 Å². The van der Waals surface area contributed by atoms with Crippen LogP contribution in [0, 0.1) is 0 Å². The minimum atomic E-state index is 0.0512. The molecule has 0 aromatic carbocycles. The van der Waals surface area contributed by atoms with Gasteiger partial charge in [0.15, 0.2) is 11.0 Å². The molecule has 6 nitrogen and oxygen atoms in total. The van der Waals surface area contributed by atoms with Crippen molar-refractivity contribution in [1.29, 1.82) is 0 Å². The van der Waals surface area contributed by atoms with Crippen LogP contribution in [-0.2, 0) is 11.3 Å². The first-order valence-electron chi connectivity index (χ1n) is 8.89. The Morgan fingerprint density at radius 2 is 2.22 bits per heavy atom. The standard InChI is InChI=1S/C20H23N5OS/c1-4-15-8-10-17(11-9-15)24(3)18(26)14-27-20-23-22-19(25(20)5-2)16-7-6-12-21-13-16/h4,6-8,10,12-13H,1,5,9,11,14H2,2-3H3. The van der Waals surface area contributed by atoms with E-state index in [0.717, 1.165) is 41.6 Å². The highest BCUT2D eigenvalue weighted by molar-refractivity contribution is 7.99. The lowest BCUT2D eigenvalue weighted by molar-refractivity contribution is -0.125. The number of pyridine rings is 1. The molecule has 1 amide bonds. The molecule has 7 heteroatoms. The first-order chi connectivity index (χ1) is 13.1. The molecule has 27 heavy (non-hydrogen) atoms. The Hall–Kier alpha value is -2.67. The zero-order valence-electron chi connectivity index (χ0n) is 15.6. The van der Waals surface area contributed by atoms with Crippen LogP contribution in [-0.4, -0.2) is 43.4 Å². The van der Waals surface area contributed by atoms with Gasteiger partial charge in [0.2, 0.25) is 5.91 Å². The number of amides is 1. The predicted molar refractivity (Wildman–Crippen MR) is 108 cm³/mol. The van der Waals surface area contributed by atoms with Gasteiger partial charge in [-0.1, -0.05) is 30.5 Å². The smallest absolute Gasteiger partial charge is 0.236 e. The van der Waals surface area contributed by atoms with Crippen molar-refractivity contribution in [2.24, 2.45) is 0 Å². The summed E-state index contributed by atoms with van der Waals surface area (Å²) in [6.45, 7) is 6.56. The topological polar surface area (TPSA) is 63.9 Å². The maximum absolute atomic E-state index is 12.6. The summed E-state index contributed by atoms with van der Waals surface area (Å²) < 4.78 is 2.01. The van der Waals surface area contributed by atoms with Crippen LogP contribution < -0.4 is 0 Å². The number of hydrogen-bond donors (Lipinski definition) is 0. The molecule has 0 radical (unpaired) electrons. The van der Waals surface area contributed by atoms with Gasteiger partial charge in [-0.05, 0) is 43.5 Å². The van der Waals surface area contributed by atoms with Gasteiger partial charge in [0.05, 0.1) is 5.75 Å². The van der Waals surface area contributed by atoms with Crippen molar-refractivity contribution >= 4 is 17.7 Å². The van der Waals surface area contributed by atoms with Gasteiger partial charge in [0.1, 0.15) is 0 Å². The van der Waals surface area contributed by atoms with Crippen LogP contribution in [0.3, 0.4) is 0 Å². The van der Waals surface area contributed by atoms with E-state index in [1.165, 1.54) is 17.3 Å². The number of aromatic nitrogens is 4. The van der Waals surface area contributed by atoms with Gasteiger partial charge in [-0.2, -0.15) is 0 Å². The van der Waals surface area contributed by atoms with Gasteiger partial charge in [0.25, 0.3) is 0 Å². The van der Waals surface area contributed by atoms with Crippen molar-refractivity contribution in [3.63, 3.8) is 0 Å². The SMILES string of the molecule is C=CC1=CC=C(N(C)C(=O)CSc2nnc(-c3cccnc3)n2CC)CC1. The number of nitrogens with zero attached hydrogens (tertiary/aromatic N) is 5. The highest BCUT2D eigenvalue weighted by atomic mass is 32.2. The summed E-state index contributed by atoms with van der Waals surface area (Å²) in [6, 6.07) is 3.83. The molecule has 2 heterocycles. The summed E-state index contributed by atoms with van der Waals surface area (Å²) in [5.74, 6) is 1.14. The average Bonchev–Trinajstić information content (AvgIpc) is 3.15. The molecular weight excluding hydrogens is 358 g/mol. The number of rotatable bonds is 7. The molecule has 0 N–H and O–H groups in total. The number of carbonyl (C=O) groups excluding carboxylic acids is 1. The molecule has 0 fully saturated rings. The Labute approximate surface area is 163 Å². The molecule has 140 valence electrons. The van der Waals surface area contributed by atoms with Crippen molar-refractivity contribution in [1.82, 2.24) is 24.6 Å². The van der Waals surface area contributed by atoms with Crippen molar-refractivity contribution in [3.05, 3.63) is 60.6 Å². The van der Waals surface area contributed by atoms with Crippen LogP contribution in [0.25, 0.3) is 11.4 Å². The van der Waals surface area contributed by atoms with E-state index in [1.807, 2.05) is 48.9 Å². The normalized spacial score (nSPS) is 13.7. The van der Waals surface area contributed by atoms with Crippen molar-refractivity contribution < 1.29 is 4.79 Å². The minimum Gasteiger partial charge on any atom is -0.319 e. The molecule has 2 aromatic rings. The van der Waals surface area contributed by atoms with E-state index in [1.54, 1.807) is 17.3 Å². The van der Waals surface area contributed by atoms with Crippen LogP contribution in [0.2, 0.25) is 0 Å². The molecule has 0 saturated heterocycles. The average molecular weight is 382 g/mol. The van der Waals surface area contributed by atoms with Crippen LogP contribution in [0.5, 0.6) is 0 Å². The van der Waals surface area contributed by atoms with Crippen LogP contribution in [0.4, 0.5) is 0 Å². The molecule has 2 aromatic heterocycles. The summed E-state index contributed by atoms with van der Waals surface area (Å²) in [5, 5.41) is 9.30. The molecule has 0 bridgehead atoms. The van der Waals surface area contributed by atoms with E-state index in [9.17, 15) is 4.79 Å². The van der Waals surface area contributed by atoms with E-state index in [-0.39, 0.29) is 5.91 Å². The van der Waals surface area contributed by atoms with E-state index >= 15 is 0 Å². The third kappa shape index (κ3) is 4.36. The first-order valence-corrected chi connectivity index (χ1v) is 9.87. The highest BCUT2D eigenvalue weighted by Gasteiger charge is 2.18. The lowest BCUT2D eigenvalue weighted by Gasteiger charge is -2.23. The molecule has 1 aliphatic rings. The lowest BCUT2D eigenvalue weighted by Crippen LogP contribution is -2.28. The van der Waals surface area contributed by atoms with Gasteiger partial charge in [-0.15, -0.1) is 10.2 Å². The number of hydrogen-bond acceptors (Lipinski definition) is 5. The fourth-order valence-electron chi connectivity index (χ4n) is 2.86. The van der Waals surface area contributed by atoms with E-state index in [4.69, 9.17) is 0 Å². The second kappa shape index (κ2) is 8.81. The fourth-order valence-corrected chi connectivity index (χ4v) is 3.78. The maximum atomic E-state index is 12.6. The van der Waals surface area contributed by atoms with Gasteiger partial charge in [-0.3, -0.25) is 9.78 Å². The molecule has 3 rings (SSSR count). The molecular formula is C20H23N5OS. The van der Waals surface area contributed by atoms with Crippen molar-refractivity contribution in [2.75, 3.05) is 12.8 Å².